The molecule has 5 rings (SSSR count). The minimum absolute atomic E-state index is 0.0235. The molecule has 12 nitrogen and oxygen atoms in total. The Bertz CT molecular complexity index is 1550. The van der Waals surface area contributed by atoms with Crippen LogP contribution in [0, 0.1) is 17.7 Å². The molecule has 4 heterocycles. The minimum atomic E-state index is -1.13. The predicted molar refractivity (Wildman–Crippen MR) is 133 cm³/mol. The van der Waals surface area contributed by atoms with Crippen molar-refractivity contribution in [2.45, 2.75) is 25.4 Å². The van der Waals surface area contributed by atoms with Crippen LogP contribution in [0.3, 0.4) is 0 Å². The quantitative estimate of drug-likeness (QED) is 0.322. The van der Waals surface area contributed by atoms with E-state index in [9.17, 15) is 18.4 Å². The Morgan fingerprint density at radius 3 is 2.72 bits per heavy atom. The van der Waals surface area contributed by atoms with E-state index in [1.54, 1.807) is 18.2 Å². The predicted octanol–water partition coefficient (Wildman–Crippen LogP) is 4.05. The number of amides is 2. The first-order valence-electron chi connectivity index (χ1n) is 11.6. The molecule has 2 N–H and O–H groups in total. The fraction of sp³-hybridized carbons (Fsp3) is 0.250. The van der Waals surface area contributed by atoms with Crippen LogP contribution in [-0.2, 0) is 16.6 Å². The summed E-state index contributed by atoms with van der Waals surface area (Å²) in [7, 11) is 1.54. The largest absolute Gasteiger partial charge is 0.441 e. The summed E-state index contributed by atoms with van der Waals surface area (Å²) < 4.78 is 33.8. The summed E-state index contributed by atoms with van der Waals surface area (Å²) in [6.07, 6.45) is 2.27. The molecule has 0 saturated heterocycles. The molecule has 4 aromatic rings. The zero-order valence-corrected chi connectivity index (χ0v) is 21.2. The first-order valence-corrected chi connectivity index (χ1v) is 12.0. The van der Waals surface area contributed by atoms with Crippen molar-refractivity contribution in [3.8, 4) is 11.4 Å². The maximum absolute atomic E-state index is 13.9. The minimum Gasteiger partial charge on any atom is -0.441 e. The number of halogens is 3. The van der Waals surface area contributed by atoms with Gasteiger partial charge in [-0.25, -0.2) is 18.9 Å². The third-order valence-electron chi connectivity index (χ3n) is 6.11. The van der Waals surface area contributed by atoms with Gasteiger partial charge in [-0.2, -0.15) is 9.49 Å². The van der Waals surface area contributed by atoms with Crippen LogP contribution in [0.15, 0.2) is 42.9 Å². The topological polar surface area (TPSA) is 150 Å². The van der Waals surface area contributed by atoms with Crippen molar-refractivity contribution in [3.63, 3.8) is 0 Å². The Morgan fingerprint density at radius 2 is 1.97 bits per heavy atom. The van der Waals surface area contributed by atoms with Gasteiger partial charge in [0.1, 0.15) is 11.9 Å². The van der Waals surface area contributed by atoms with Gasteiger partial charge in [-0.3, -0.25) is 15.1 Å². The first kappa shape index (κ1) is 26.0. The Kier molecular flexibility index (Phi) is 7.11. The molecule has 1 aliphatic carbocycles. The first-order chi connectivity index (χ1) is 18.7. The molecule has 15 heteroatoms. The lowest BCUT2D eigenvalue weighted by Crippen LogP contribution is -2.19. The smallest absolute Gasteiger partial charge is 0.413 e. The molecule has 1 saturated carbocycles. The summed E-state index contributed by atoms with van der Waals surface area (Å²) in [4.78, 5) is 32.8. The van der Waals surface area contributed by atoms with E-state index in [1.165, 1.54) is 31.0 Å². The van der Waals surface area contributed by atoms with Crippen LogP contribution in [-0.4, -0.2) is 47.2 Å². The maximum Gasteiger partial charge on any atom is 0.413 e. The number of aryl methyl sites for hydroxylation is 1. The fourth-order valence-electron chi connectivity index (χ4n) is 4.02. The Hall–Kier alpha value is -4.59. The second-order valence-corrected chi connectivity index (χ2v) is 9.12. The number of anilines is 2. The van der Waals surface area contributed by atoms with Crippen LogP contribution in [0.25, 0.3) is 11.4 Å². The van der Waals surface area contributed by atoms with Gasteiger partial charge in [-0.05, 0) is 49.1 Å². The van der Waals surface area contributed by atoms with E-state index in [0.29, 0.717) is 17.8 Å². The van der Waals surface area contributed by atoms with Crippen molar-refractivity contribution in [2.75, 3.05) is 10.6 Å². The Balaban J connectivity index is 1.23. The van der Waals surface area contributed by atoms with Crippen molar-refractivity contribution in [1.29, 1.82) is 0 Å². The van der Waals surface area contributed by atoms with Gasteiger partial charge in [-0.15, -0.1) is 10.2 Å². The monoisotopic (exact) mass is 555 g/mol. The van der Waals surface area contributed by atoms with Gasteiger partial charge in [-0.1, -0.05) is 16.8 Å². The molecule has 200 valence electrons. The number of hydrogen-bond donors (Lipinski definition) is 2. The Morgan fingerprint density at radius 1 is 1.15 bits per heavy atom. The van der Waals surface area contributed by atoms with E-state index in [-0.39, 0.29) is 40.0 Å². The summed E-state index contributed by atoms with van der Waals surface area (Å²) in [5, 5.41) is 21.1. The van der Waals surface area contributed by atoms with E-state index in [0.717, 1.165) is 17.8 Å². The molecular formula is C24H20ClF2N9O3. The zero-order chi connectivity index (χ0) is 27.7. The summed E-state index contributed by atoms with van der Waals surface area (Å²) in [6, 6.07) is 5.89. The zero-order valence-electron chi connectivity index (χ0n) is 20.5. The maximum atomic E-state index is 13.9. The van der Waals surface area contributed by atoms with Gasteiger partial charge in [0.2, 0.25) is 11.9 Å². The second kappa shape index (κ2) is 10.6. The highest BCUT2D eigenvalue weighted by Crippen LogP contribution is 2.49. The van der Waals surface area contributed by atoms with Gasteiger partial charge in [0.25, 0.3) is 0 Å². The second-order valence-electron chi connectivity index (χ2n) is 8.76. The number of hydrogen-bond acceptors (Lipinski definition) is 9. The van der Waals surface area contributed by atoms with Crippen LogP contribution in [0.1, 0.15) is 36.5 Å². The number of carbonyl (C=O) groups is 2. The lowest BCUT2D eigenvalue weighted by atomic mass is 10.1. The lowest BCUT2D eigenvalue weighted by molar-refractivity contribution is -0.117. The molecule has 1 aliphatic rings. The lowest BCUT2D eigenvalue weighted by Gasteiger charge is -2.15. The Labute approximate surface area is 224 Å². The van der Waals surface area contributed by atoms with Crippen LogP contribution in [0.5, 0.6) is 0 Å². The number of pyridine rings is 2. The molecule has 4 aromatic heterocycles. The number of carbonyl (C=O) groups excluding carboxylic acids is 2. The third kappa shape index (κ3) is 5.65. The third-order valence-corrected chi connectivity index (χ3v) is 6.40. The van der Waals surface area contributed by atoms with Crippen molar-refractivity contribution in [1.82, 2.24) is 35.2 Å². The van der Waals surface area contributed by atoms with E-state index >= 15 is 0 Å². The molecule has 0 radical (unpaired) electrons. The molecule has 0 bridgehead atoms. The van der Waals surface area contributed by atoms with Gasteiger partial charge >= 0.3 is 6.09 Å². The molecule has 39 heavy (non-hydrogen) atoms. The van der Waals surface area contributed by atoms with E-state index < -0.39 is 24.0 Å². The van der Waals surface area contributed by atoms with Gasteiger partial charge in [0.15, 0.2) is 16.7 Å². The molecular weight excluding hydrogens is 536 g/mol. The number of aromatic nitrogens is 7. The van der Waals surface area contributed by atoms with E-state index in [1.807, 2.05) is 0 Å². The van der Waals surface area contributed by atoms with Crippen molar-refractivity contribution in [2.24, 2.45) is 13.0 Å². The van der Waals surface area contributed by atoms with E-state index in [2.05, 4.69) is 41.1 Å². The van der Waals surface area contributed by atoms with Gasteiger partial charge in [0.05, 0.1) is 29.3 Å². The molecule has 0 aromatic carbocycles. The highest BCUT2D eigenvalue weighted by molar-refractivity contribution is 6.30. The molecule has 1 fully saturated rings. The summed E-state index contributed by atoms with van der Waals surface area (Å²) >= 11 is 6.08. The average molecular weight is 556 g/mol. The van der Waals surface area contributed by atoms with Crippen molar-refractivity contribution in [3.05, 3.63) is 70.9 Å². The fourth-order valence-corrected chi connectivity index (χ4v) is 4.26. The number of nitrogens with zero attached hydrogens (tertiary/aromatic N) is 7. The SMILES string of the molecule is C[C@@H](OC(=O)Nc1c(-c2ccc(NC(=O)[C@@H]3C[C@H]3c3ccnnc3Cl)cn2)nnn1C)c1cc(F)cnc1F. The summed E-state index contributed by atoms with van der Waals surface area (Å²) in [6.45, 7) is 1.38. The van der Waals surface area contributed by atoms with Gasteiger partial charge < -0.3 is 10.1 Å². The molecule has 0 spiro atoms. The normalized spacial score (nSPS) is 16.8. The molecule has 2 amide bonds. The van der Waals surface area contributed by atoms with Crippen molar-refractivity contribution >= 4 is 35.1 Å². The standard InChI is InChI=1S/C24H20ClF2N9O3/c1-11(15-7-12(26)9-29-21(15)27)39-24(38)32-22-19(33-35-36(22)2)18-4-3-13(10-28-18)31-23(37)17-8-16(17)14-5-6-30-34-20(14)25/h3-7,9-11,16-17H,8H2,1-2H3,(H,31,37)(H,32,38)/t11-,16+,17-/m1/s1. The van der Waals surface area contributed by atoms with Crippen LogP contribution >= 0.6 is 11.6 Å². The molecule has 0 unspecified atom stereocenters. The van der Waals surface area contributed by atoms with Crippen LogP contribution in [0.4, 0.5) is 25.1 Å². The summed E-state index contributed by atoms with van der Waals surface area (Å²) in [5.74, 6) is -2.01. The highest BCUT2D eigenvalue weighted by atomic mass is 35.5. The van der Waals surface area contributed by atoms with Crippen LogP contribution in [0.2, 0.25) is 5.15 Å². The highest BCUT2D eigenvalue weighted by Gasteiger charge is 2.45. The molecule has 0 aliphatic heterocycles. The number of nitrogens with one attached hydrogen (secondary N) is 2. The van der Waals surface area contributed by atoms with Gasteiger partial charge in [0, 0.05) is 19.2 Å². The van der Waals surface area contributed by atoms with E-state index in [4.69, 9.17) is 16.3 Å². The van der Waals surface area contributed by atoms with Crippen LogP contribution < -0.4 is 10.6 Å². The number of ether oxygens (including phenoxy) is 1. The summed E-state index contributed by atoms with van der Waals surface area (Å²) in [5.41, 5.74) is 1.61. The van der Waals surface area contributed by atoms with Crippen molar-refractivity contribution < 1.29 is 23.1 Å². The average Bonchev–Trinajstić information content (AvgIpc) is 3.63. The number of rotatable bonds is 7. The molecule has 3 atom stereocenters.